The van der Waals surface area contributed by atoms with Gasteiger partial charge in [0.15, 0.2) is 0 Å². The second kappa shape index (κ2) is 5.02. The molecule has 0 aliphatic carbocycles. The molecule has 3 nitrogen and oxygen atoms in total. The molecule has 2 aromatic rings. The first-order valence-corrected chi connectivity index (χ1v) is 7.39. The van der Waals surface area contributed by atoms with Crippen molar-refractivity contribution in [2.45, 2.75) is 32.2 Å². The van der Waals surface area contributed by atoms with Gasteiger partial charge < -0.3 is 9.30 Å². The normalized spacial score (nSPS) is 20.9. The maximum atomic E-state index is 4.67. The summed E-state index contributed by atoms with van der Waals surface area (Å²) >= 11 is 3.48. The summed E-state index contributed by atoms with van der Waals surface area (Å²) < 4.78 is 3.17. The highest BCUT2D eigenvalue weighted by atomic mass is 79.9. The molecule has 1 atom stereocenters. The Kier molecular flexibility index (Phi) is 3.39. The molecule has 1 aliphatic rings. The summed E-state index contributed by atoms with van der Waals surface area (Å²) in [5, 5.41) is 0. The first-order chi connectivity index (χ1) is 8.72. The fourth-order valence-corrected chi connectivity index (χ4v) is 3.04. The number of imidazole rings is 1. The van der Waals surface area contributed by atoms with Gasteiger partial charge in [-0.05, 0) is 38.4 Å². The van der Waals surface area contributed by atoms with Crippen LogP contribution in [0.1, 0.15) is 25.5 Å². The lowest BCUT2D eigenvalue weighted by atomic mass is 10.2. The number of likely N-dealkylation sites (tertiary alicyclic amines) is 1. The van der Waals surface area contributed by atoms with Crippen molar-refractivity contribution in [1.29, 1.82) is 0 Å². The third kappa shape index (κ3) is 2.45. The van der Waals surface area contributed by atoms with E-state index in [4.69, 9.17) is 0 Å². The Hall–Kier alpha value is -0.870. The van der Waals surface area contributed by atoms with E-state index in [1.165, 1.54) is 25.1 Å². The maximum Gasteiger partial charge on any atom is 0.138 e. The minimum absolute atomic E-state index is 0.746. The Bertz CT molecular complexity index is 549. The largest absolute Gasteiger partial charge is 0.307 e. The van der Waals surface area contributed by atoms with Crippen molar-refractivity contribution in [1.82, 2.24) is 14.3 Å². The molecule has 0 amide bonds. The van der Waals surface area contributed by atoms with Crippen LogP contribution in [0.5, 0.6) is 0 Å². The topological polar surface area (TPSA) is 20.5 Å². The number of hydrogen-bond donors (Lipinski definition) is 0. The summed E-state index contributed by atoms with van der Waals surface area (Å²) in [4.78, 5) is 7.24. The summed E-state index contributed by atoms with van der Waals surface area (Å²) in [6, 6.07) is 4.85. The number of rotatable bonds is 3. The van der Waals surface area contributed by atoms with E-state index in [1.54, 1.807) is 0 Å². The number of pyridine rings is 1. The van der Waals surface area contributed by atoms with E-state index in [1.807, 2.05) is 12.3 Å². The van der Waals surface area contributed by atoms with Gasteiger partial charge in [-0.2, -0.15) is 0 Å². The highest BCUT2D eigenvalue weighted by molar-refractivity contribution is 9.10. The van der Waals surface area contributed by atoms with E-state index in [2.05, 4.69) is 49.4 Å². The van der Waals surface area contributed by atoms with Crippen molar-refractivity contribution in [3.63, 3.8) is 0 Å². The van der Waals surface area contributed by atoms with Crippen LogP contribution in [-0.2, 0) is 6.42 Å². The third-order valence-electron chi connectivity index (χ3n) is 3.82. The molecule has 1 saturated heterocycles. The molecule has 96 valence electrons. The molecule has 0 bridgehead atoms. The van der Waals surface area contributed by atoms with E-state index in [0.29, 0.717) is 0 Å². The molecule has 0 N–H and O–H groups in total. The molecule has 18 heavy (non-hydrogen) atoms. The first kappa shape index (κ1) is 12.2. The van der Waals surface area contributed by atoms with Gasteiger partial charge in [-0.3, -0.25) is 0 Å². The van der Waals surface area contributed by atoms with Gasteiger partial charge in [0, 0.05) is 35.9 Å². The molecule has 2 aromatic heterocycles. The molecular formula is C14H18BrN3. The van der Waals surface area contributed by atoms with Gasteiger partial charge in [-0.25, -0.2) is 4.98 Å². The Morgan fingerprint density at radius 2 is 2.39 bits per heavy atom. The van der Waals surface area contributed by atoms with Gasteiger partial charge in [0.1, 0.15) is 5.65 Å². The van der Waals surface area contributed by atoms with Crippen LogP contribution in [0.3, 0.4) is 0 Å². The molecule has 0 aromatic carbocycles. The zero-order chi connectivity index (χ0) is 12.5. The van der Waals surface area contributed by atoms with Gasteiger partial charge in [-0.1, -0.05) is 15.9 Å². The molecule has 4 heteroatoms. The van der Waals surface area contributed by atoms with Gasteiger partial charge in [0.25, 0.3) is 0 Å². The van der Waals surface area contributed by atoms with Crippen molar-refractivity contribution in [3.05, 3.63) is 34.7 Å². The average molecular weight is 308 g/mol. The predicted molar refractivity (Wildman–Crippen MR) is 76.9 cm³/mol. The standard InChI is InChI=1S/C14H18BrN3/c1-11-3-2-6-17(11)8-5-13-10-18-7-4-12(15)9-14(18)16-13/h4,7,9-11H,2-3,5-6,8H2,1H3/t11-/m1/s1. The van der Waals surface area contributed by atoms with Gasteiger partial charge >= 0.3 is 0 Å². The highest BCUT2D eigenvalue weighted by Crippen LogP contribution is 2.17. The monoisotopic (exact) mass is 307 g/mol. The summed E-state index contributed by atoms with van der Waals surface area (Å²) in [5.41, 5.74) is 2.21. The number of nitrogens with zero attached hydrogens (tertiary/aromatic N) is 3. The molecule has 0 radical (unpaired) electrons. The molecule has 3 heterocycles. The molecule has 0 spiro atoms. The zero-order valence-corrected chi connectivity index (χ0v) is 12.2. The summed E-state index contributed by atoms with van der Waals surface area (Å²) in [5.74, 6) is 0. The fourth-order valence-electron chi connectivity index (χ4n) is 2.71. The Labute approximate surface area is 116 Å². The average Bonchev–Trinajstić information content (AvgIpc) is 2.92. The summed E-state index contributed by atoms with van der Waals surface area (Å²) in [6.45, 7) is 4.71. The molecule has 1 fully saturated rings. The first-order valence-electron chi connectivity index (χ1n) is 6.59. The highest BCUT2D eigenvalue weighted by Gasteiger charge is 2.19. The number of hydrogen-bond acceptors (Lipinski definition) is 2. The Balaban J connectivity index is 1.71. The summed E-state index contributed by atoms with van der Waals surface area (Å²) in [7, 11) is 0. The van der Waals surface area contributed by atoms with Crippen molar-refractivity contribution in [3.8, 4) is 0 Å². The van der Waals surface area contributed by atoms with E-state index in [9.17, 15) is 0 Å². The van der Waals surface area contributed by atoms with Crippen LogP contribution >= 0.6 is 15.9 Å². The van der Waals surface area contributed by atoms with Gasteiger partial charge in [-0.15, -0.1) is 0 Å². The Morgan fingerprint density at radius 1 is 1.50 bits per heavy atom. The summed E-state index contributed by atoms with van der Waals surface area (Å²) in [6.07, 6.45) is 7.93. The Morgan fingerprint density at radius 3 is 3.17 bits per heavy atom. The van der Waals surface area contributed by atoms with Gasteiger partial charge in [0.2, 0.25) is 0 Å². The lowest BCUT2D eigenvalue weighted by Crippen LogP contribution is -2.29. The van der Waals surface area contributed by atoms with Crippen molar-refractivity contribution >= 4 is 21.6 Å². The van der Waals surface area contributed by atoms with E-state index in [0.717, 1.165) is 29.1 Å². The molecule has 0 saturated carbocycles. The van der Waals surface area contributed by atoms with Crippen LogP contribution in [0.2, 0.25) is 0 Å². The van der Waals surface area contributed by atoms with Crippen molar-refractivity contribution in [2.24, 2.45) is 0 Å². The van der Waals surface area contributed by atoms with Crippen LogP contribution in [0.15, 0.2) is 29.0 Å². The van der Waals surface area contributed by atoms with Crippen LogP contribution in [-0.4, -0.2) is 33.4 Å². The molecular weight excluding hydrogens is 290 g/mol. The third-order valence-corrected chi connectivity index (χ3v) is 4.31. The smallest absolute Gasteiger partial charge is 0.138 e. The van der Waals surface area contributed by atoms with Crippen LogP contribution in [0.4, 0.5) is 0 Å². The second-order valence-electron chi connectivity index (χ2n) is 5.12. The zero-order valence-electron chi connectivity index (χ0n) is 10.6. The van der Waals surface area contributed by atoms with Crippen molar-refractivity contribution in [2.75, 3.05) is 13.1 Å². The molecule has 3 rings (SSSR count). The number of aromatic nitrogens is 2. The predicted octanol–water partition coefficient (Wildman–Crippen LogP) is 3.12. The quantitative estimate of drug-likeness (QED) is 0.868. The molecule has 0 unspecified atom stereocenters. The van der Waals surface area contributed by atoms with E-state index >= 15 is 0 Å². The van der Waals surface area contributed by atoms with E-state index < -0.39 is 0 Å². The van der Waals surface area contributed by atoms with Crippen LogP contribution < -0.4 is 0 Å². The maximum absolute atomic E-state index is 4.67. The number of fused-ring (bicyclic) bond motifs is 1. The SMILES string of the molecule is C[C@@H]1CCCN1CCc1cn2ccc(Br)cc2n1. The minimum atomic E-state index is 0.746. The fraction of sp³-hybridized carbons (Fsp3) is 0.500. The number of halogens is 1. The lowest BCUT2D eigenvalue weighted by molar-refractivity contribution is 0.271. The minimum Gasteiger partial charge on any atom is -0.307 e. The molecule has 1 aliphatic heterocycles. The van der Waals surface area contributed by atoms with Crippen LogP contribution in [0, 0.1) is 0 Å². The lowest BCUT2D eigenvalue weighted by Gasteiger charge is -2.19. The van der Waals surface area contributed by atoms with Crippen LogP contribution in [0.25, 0.3) is 5.65 Å². The van der Waals surface area contributed by atoms with Gasteiger partial charge in [0.05, 0.1) is 5.69 Å². The second-order valence-corrected chi connectivity index (χ2v) is 6.04. The van der Waals surface area contributed by atoms with E-state index in [-0.39, 0.29) is 0 Å². The van der Waals surface area contributed by atoms with Crippen molar-refractivity contribution < 1.29 is 0 Å².